The fourth-order valence-electron chi connectivity index (χ4n) is 3.74. The van der Waals surface area contributed by atoms with Crippen molar-refractivity contribution in [2.75, 3.05) is 31.1 Å². The Labute approximate surface area is 149 Å². The highest BCUT2D eigenvalue weighted by Gasteiger charge is 2.31. The van der Waals surface area contributed by atoms with E-state index < -0.39 is 0 Å². The Morgan fingerprint density at radius 1 is 1.04 bits per heavy atom. The topological polar surface area (TPSA) is 61.4 Å². The van der Waals surface area contributed by atoms with Crippen LogP contribution in [0.15, 0.2) is 0 Å². The Balaban J connectivity index is 0.00000192. The molecule has 1 unspecified atom stereocenters. The van der Waals surface area contributed by atoms with Gasteiger partial charge in [0, 0.05) is 36.6 Å². The summed E-state index contributed by atoms with van der Waals surface area (Å²) in [7, 11) is 0. The monoisotopic (exact) mass is 361 g/mol. The summed E-state index contributed by atoms with van der Waals surface area (Å²) in [5.74, 6) is 2.83. The van der Waals surface area contributed by atoms with Gasteiger partial charge in [-0.1, -0.05) is 0 Å². The van der Waals surface area contributed by atoms with Crippen molar-refractivity contribution in [2.24, 2.45) is 5.92 Å². The van der Waals surface area contributed by atoms with Crippen LogP contribution in [0.25, 0.3) is 0 Å². The van der Waals surface area contributed by atoms with Gasteiger partial charge in [-0.05, 0) is 45.1 Å². The Morgan fingerprint density at radius 3 is 2.35 bits per heavy atom. The first kappa shape index (κ1) is 18.9. The molecule has 23 heavy (non-hydrogen) atoms. The number of hydrogen-bond acceptors (Lipinski definition) is 4. The van der Waals surface area contributed by atoms with Crippen LogP contribution in [0, 0.1) is 5.92 Å². The second kappa shape index (κ2) is 9.14. The largest absolute Gasteiger partial charge is 0.352 e. The molecule has 2 heterocycles. The molecule has 5 nitrogen and oxygen atoms in total. The maximum atomic E-state index is 12.5. The zero-order chi connectivity index (χ0) is 15.4. The molecule has 2 aliphatic heterocycles. The molecule has 0 spiro atoms. The Hall–Kier alpha value is -0.460. The van der Waals surface area contributed by atoms with Gasteiger partial charge < -0.3 is 15.5 Å². The molecule has 2 saturated heterocycles. The van der Waals surface area contributed by atoms with Crippen molar-refractivity contribution in [3.8, 4) is 0 Å². The summed E-state index contributed by atoms with van der Waals surface area (Å²) in [4.78, 5) is 26.7. The number of nitrogens with zero attached hydrogens (tertiary/aromatic N) is 1. The van der Waals surface area contributed by atoms with Crippen LogP contribution in [0.5, 0.6) is 0 Å². The van der Waals surface area contributed by atoms with E-state index in [1.165, 1.54) is 0 Å². The summed E-state index contributed by atoms with van der Waals surface area (Å²) in [6.45, 7) is 2.77. The zero-order valence-corrected chi connectivity index (χ0v) is 15.2. The van der Waals surface area contributed by atoms with Gasteiger partial charge in [0.1, 0.15) is 0 Å². The Kier molecular flexibility index (Phi) is 7.50. The van der Waals surface area contributed by atoms with Crippen molar-refractivity contribution in [1.82, 2.24) is 15.5 Å². The number of halogens is 1. The normalized spacial score (nSPS) is 31.3. The first-order valence-electron chi connectivity index (χ1n) is 8.64. The Bertz CT molecular complexity index is 404. The van der Waals surface area contributed by atoms with Crippen LogP contribution in [0.3, 0.4) is 0 Å². The van der Waals surface area contributed by atoms with E-state index in [1.807, 2.05) is 16.7 Å². The van der Waals surface area contributed by atoms with Crippen LogP contribution >= 0.6 is 24.2 Å². The van der Waals surface area contributed by atoms with Crippen molar-refractivity contribution < 1.29 is 9.59 Å². The molecular weight excluding hydrogens is 334 g/mol. The van der Waals surface area contributed by atoms with E-state index in [2.05, 4.69) is 10.6 Å². The molecule has 0 aromatic heterocycles. The number of rotatable bonds is 3. The number of nitrogens with one attached hydrogen (secondary N) is 2. The van der Waals surface area contributed by atoms with Gasteiger partial charge in [-0.3, -0.25) is 9.59 Å². The van der Waals surface area contributed by atoms with Crippen LogP contribution in [0.2, 0.25) is 0 Å². The maximum Gasteiger partial charge on any atom is 0.237 e. The molecule has 1 saturated carbocycles. The lowest BCUT2D eigenvalue weighted by atomic mass is 9.85. The third-order valence-corrected chi connectivity index (χ3v) is 6.06. The highest BCUT2D eigenvalue weighted by Crippen LogP contribution is 2.27. The van der Waals surface area contributed by atoms with E-state index in [9.17, 15) is 9.59 Å². The summed E-state index contributed by atoms with van der Waals surface area (Å²) in [6.07, 6.45) is 5.77. The molecule has 2 N–H and O–H groups in total. The molecule has 3 fully saturated rings. The molecule has 2 amide bonds. The second-order valence-electron chi connectivity index (χ2n) is 6.64. The van der Waals surface area contributed by atoms with Gasteiger partial charge in [0.05, 0.1) is 6.04 Å². The number of amides is 2. The van der Waals surface area contributed by atoms with Crippen LogP contribution in [-0.4, -0.2) is 59.9 Å². The summed E-state index contributed by atoms with van der Waals surface area (Å²) < 4.78 is 0. The van der Waals surface area contributed by atoms with E-state index in [1.54, 1.807) is 0 Å². The fraction of sp³-hybridized carbons (Fsp3) is 0.875. The molecule has 0 radical (unpaired) electrons. The predicted octanol–water partition coefficient (Wildman–Crippen LogP) is 1.41. The van der Waals surface area contributed by atoms with Crippen molar-refractivity contribution in [2.45, 2.75) is 50.6 Å². The summed E-state index contributed by atoms with van der Waals surface area (Å²) >= 11 is 1.93. The van der Waals surface area contributed by atoms with Crippen LogP contribution in [0.1, 0.15) is 38.5 Å². The van der Waals surface area contributed by atoms with Crippen molar-refractivity contribution in [3.05, 3.63) is 0 Å². The molecule has 0 aromatic carbocycles. The molecule has 3 rings (SSSR count). The third-order valence-electron chi connectivity index (χ3n) is 5.12. The van der Waals surface area contributed by atoms with Crippen LogP contribution < -0.4 is 10.6 Å². The molecule has 0 aromatic rings. The molecule has 1 atom stereocenters. The minimum Gasteiger partial charge on any atom is -0.352 e. The average molecular weight is 362 g/mol. The smallest absolute Gasteiger partial charge is 0.237 e. The average Bonchev–Trinajstić information content (AvgIpc) is 3.10. The van der Waals surface area contributed by atoms with E-state index in [-0.39, 0.29) is 36.3 Å². The lowest BCUT2D eigenvalue weighted by Gasteiger charge is -2.34. The molecule has 7 heteroatoms. The summed E-state index contributed by atoms with van der Waals surface area (Å²) in [5.41, 5.74) is 0. The van der Waals surface area contributed by atoms with Gasteiger partial charge in [0.25, 0.3) is 0 Å². The van der Waals surface area contributed by atoms with Crippen LogP contribution in [0.4, 0.5) is 0 Å². The van der Waals surface area contributed by atoms with Crippen molar-refractivity contribution in [1.29, 1.82) is 0 Å². The van der Waals surface area contributed by atoms with Gasteiger partial charge in [0.2, 0.25) is 11.8 Å². The highest BCUT2D eigenvalue weighted by atomic mass is 35.5. The number of carbonyl (C=O) groups is 2. The standard InChI is InChI=1S/C16H27N3O2S.ClH/c20-15(14-2-1-7-17-14)18-13-5-3-12(4-6-13)16(21)19-8-10-22-11-9-19;/h12-14,17H,1-11H2,(H,18,20);1H. The van der Waals surface area contributed by atoms with E-state index in [0.717, 1.165) is 69.7 Å². The van der Waals surface area contributed by atoms with Crippen molar-refractivity contribution in [3.63, 3.8) is 0 Å². The van der Waals surface area contributed by atoms with E-state index in [4.69, 9.17) is 0 Å². The second-order valence-corrected chi connectivity index (χ2v) is 7.87. The SMILES string of the molecule is Cl.O=C(NC1CCC(C(=O)N2CCSCC2)CC1)C1CCCN1. The molecular formula is C16H28ClN3O2S. The quantitative estimate of drug-likeness (QED) is 0.798. The summed E-state index contributed by atoms with van der Waals surface area (Å²) in [5, 5.41) is 6.41. The minimum absolute atomic E-state index is 0. The first-order chi connectivity index (χ1) is 10.7. The fourth-order valence-corrected chi connectivity index (χ4v) is 4.64. The lowest BCUT2D eigenvalue weighted by molar-refractivity contribution is -0.136. The summed E-state index contributed by atoms with van der Waals surface area (Å²) in [6, 6.07) is 0.265. The molecule has 0 bridgehead atoms. The lowest BCUT2D eigenvalue weighted by Crippen LogP contribution is -2.48. The number of carbonyl (C=O) groups excluding carboxylic acids is 2. The third kappa shape index (κ3) is 5.00. The van der Waals surface area contributed by atoms with E-state index in [0.29, 0.717) is 5.91 Å². The highest BCUT2D eigenvalue weighted by molar-refractivity contribution is 7.99. The Morgan fingerprint density at radius 2 is 1.74 bits per heavy atom. The van der Waals surface area contributed by atoms with Gasteiger partial charge in [-0.2, -0.15) is 11.8 Å². The van der Waals surface area contributed by atoms with Gasteiger partial charge in [0.15, 0.2) is 0 Å². The van der Waals surface area contributed by atoms with Gasteiger partial charge in [-0.25, -0.2) is 0 Å². The van der Waals surface area contributed by atoms with Crippen LogP contribution in [-0.2, 0) is 9.59 Å². The number of hydrogen-bond donors (Lipinski definition) is 2. The molecule has 1 aliphatic carbocycles. The van der Waals surface area contributed by atoms with Crippen molar-refractivity contribution >= 4 is 36.0 Å². The number of thioether (sulfide) groups is 1. The first-order valence-corrected chi connectivity index (χ1v) is 9.80. The molecule has 3 aliphatic rings. The minimum atomic E-state index is 0. The van der Waals surface area contributed by atoms with E-state index >= 15 is 0 Å². The maximum absolute atomic E-state index is 12.5. The van der Waals surface area contributed by atoms with Gasteiger partial charge in [-0.15, -0.1) is 12.4 Å². The van der Waals surface area contributed by atoms with Gasteiger partial charge >= 0.3 is 0 Å². The predicted molar refractivity (Wildman–Crippen MR) is 96.1 cm³/mol. The zero-order valence-electron chi connectivity index (χ0n) is 13.6. The molecule has 132 valence electrons.